The van der Waals surface area contributed by atoms with Gasteiger partial charge in [0.25, 0.3) is 0 Å². The quantitative estimate of drug-likeness (QED) is 0.618. The highest BCUT2D eigenvalue weighted by Gasteiger charge is 2.19. The molecule has 3 nitrogen and oxygen atoms in total. The van der Waals surface area contributed by atoms with Crippen LogP contribution in [0.4, 0.5) is 4.39 Å². The first kappa shape index (κ1) is 8.28. The lowest BCUT2D eigenvalue weighted by atomic mass is 9.79. The SMILES string of the molecule is OB(O)c1ccc2ccoc2c1F. The van der Waals surface area contributed by atoms with Crippen molar-refractivity contribution in [3.05, 3.63) is 30.3 Å². The second-order valence-corrected chi connectivity index (χ2v) is 2.68. The monoisotopic (exact) mass is 180 g/mol. The zero-order valence-electron chi connectivity index (χ0n) is 6.57. The van der Waals surface area contributed by atoms with Crippen LogP contribution in [0.25, 0.3) is 11.0 Å². The van der Waals surface area contributed by atoms with E-state index in [1.807, 2.05) is 0 Å². The lowest BCUT2D eigenvalue weighted by Crippen LogP contribution is -2.32. The maximum Gasteiger partial charge on any atom is 0.491 e. The van der Waals surface area contributed by atoms with E-state index in [9.17, 15) is 4.39 Å². The first-order chi connectivity index (χ1) is 6.20. The molecule has 0 aliphatic carbocycles. The van der Waals surface area contributed by atoms with Crippen LogP contribution in [0.1, 0.15) is 0 Å². The van der Waals surface area contributed by atoms with E-state index in [2.05, 4.69) is 0 Å². The minimum atomic E-state index is -1.81. The van der Waals surface area contributed by atoms with E-state index in [0.29, 0.717) is 5.39 Å². The molecule has 0 amide bonds. The summed E-state index contributed by atoms with van der Waals surface area (Å²) < 4.78 is 18.2. The molecule has 0 atom stereocenters. The molecule has 13 heavy (non-hydrogen) atoms. The van der Waals surface area contributed by atoms with Crippen LogP contribution in [0.15, 0.2) is 28.9 Å². The van der Waals surface area contributed by atoms with Crippen molar-refractivity contribution in [1.29, 1.82) is 0 Å². The van der Waals surface area contributed by atoms with Gasteiger partial charge in [0.15, 0.2) is 11.4 Å². The van der Waals surface area contributed by atoms with E-state index in [0.717, 1.165) is 0 Å². The summed E-state index contributed by atoms with van der Waals surface area (Å²) in [5.74, 6) is -0.725. The van der Waals surface area contributed by atoms with Crippen molar-refractivity contribution >= 4 is 23.6 Å². The van der Waals surface area contributed by atoms with Crippen molar-refractivity contribution in [2.45, 2.75) is 0 Å². The highest BCUT2D eigenvalue weighted by atomic mass is 19.1. The van der Waals surface area contributed by atoms with Gasteiger partial charge in [-0.1, -0.05) is 12.1 Å². The molecule has 0 saturated carbocycles. The van der Waals surface area contributed by atoms with Gasteiger partial charge in [0.05, 0.1) is 6.26 Å². The predicted octanol–water partition coefficient (Wildman–Crippen LogP) is 0.252. The molecular weight excluding hydrogens is 174 g/mol. The number of furan rings is 1. The zero-order valence-corrected chi connectivity index (χ0v) is 6.57. The predicted molar refractivity (Wildman–Crippen MR) is 46.0 cm³/mol. The lowest BCUT2D eigenvalue weighted by molar-refractivity contribution is 0.422. The average molecular weight is 180 g/mol. The third-order valence-electron chi connectivity index (χ3n) is 1.87. The molecule has 1 aromatic heterocycles. The van der Waals surface area contributed by atoms with Gasteiger partial charge in [-0.3, -0.25) is 0 Å². The highest BCUT2D eigenvalue weighted by Crippen LogP contribution is 2.16. The van der Waals surface area contributed by atoms with Crippen LogP contribution < -0.4 is 5.46 Å². The number of benzene rings is 1. The summed E-state index contributed by atoms with van der Waals surface area (Å²) in [6.45, 7) is 0. The van der Waals surface area contributed by atoms with Crippen LogP contribution in [-0.4, -0.2) is 17.2 Å². The summed E-state index contributed by atoms with van der Waals surface area (Å²) in [4.78, 5) is 0. The molecule has 2 rings (SSSR count). The van der Waals surface area contributed by atoms with Gasteiger partial charge in [-0.15, -0.1) is 0 Å². The van der Waals surface area contributed by atoms with E-state index < -0.39 is 12.9 Å². The Hall–Kier alpha value is -1.33. The molecule has 0 bridgehead atoms. The van der Waals surface area contributed by atoms with Gasteiger partial charge in [0, 0.05) is 10.8 Å². The first-order valence-corrected chi connectivity index (χ1v) is 3.72. The van der Waals surface area contributed by atoms with Gasteiger partial charge in [0.1, 0.15) is 0 Å². The first-order valence-electron chi connectivity index (χ1n) is 3.72. The van der Waals surface area contributed by atoms with Gasteiger partial charge in [-0.05, 0) is 6.07 Å². The second-order valence-electron chi connectivity index (χ2n) is 2.68. The number of fused-ring (bicyclic) bond motifs is 1. The molecule has 0 spiro atoms. The maximum absolute atomic E-state index is 13.3. The third kappa shape index (κ3) is 1.22. The fourth-order valence-corrected chi connectivity index (χ4v) is 1.21. The normalized spacial score (nSPS) is 10.7. The highest BCUT2D eigenvalue weighted by molar-refractivity contribution is 6.59. The van der Waals surface area contributed by atoms with Crippen LogP contribution in [0, 0.1) is 5.82 Å². The molecule has 2 N–H and O–H groups in total. The maximum atomic E-state index is 13.3. The van der Waals surface area contributed by atoms with Crippen molar-refractivity contribution in [2.75, 3.05) is 0 Å². The third-order valence-corrected chi connectivity index (χ3v) is 1.87. The largest absolute Gasteiger partial charge is 0.491 e. The minimum Gasteiger partial charge on any atom is -0.461 e. The average Bonchev–Trinajstić information content (AvgIpc) is 2.52. The Labute approximate surface area is 73.6 Å². The van der Waals surface area contributed by atoms with Crippen LogP contribution >= 0.6 is 0 Å². The van der Waals surface area contributed by atoms with Crippen LogP contribution in [0.3, 0.4) is 0 Å². The fourth-order valence-electron chi connectivity index (χ4n) is 1.21. The molecule has 1 aromatic carbocycles. The molecule has 0 aliphatic heterocycles. The summed E-state index contributed by atoms with van der Waals surface area (Å²) in [5, 5.41) is 18.1. The van der Waals surface area contributed by atoms with Gasteiger partial charge >= 0.3 is 7.12 Å². The van der Waals surface area contributed by atoms with Gasteiger partial charge in [-0.2, -0.15) is 0 Å². The Morgan fingerprint density at radius 1 is 1.23 bits per heavy atom. The summed E-state index contributed by atoms with van der Waals surface area (Å²) in [5.41, 5.74) is -0.131. The Balaban J connectivity index is 2.73. The standard InChI is InChI=1S/C8H6BFO3/c10-7-6(9(11)12)2-1-5-3-4-13-8(5)7/h1-4,11-12H. The van der Waals surface area contributed by atoms with Crippen LogP contribution in [-0.2, 0) is 0 Å². The number of hydrogen-bond donors (Lipinski definition) is 2. The van der Waals surface area contributed by atoms with Crippen LogP contribution in [0.5, 0.6) is 0 Å². The molecule has 0 fully saturated rings. The van der Waals surface area contributed by atoms with Crippen molar-refractivity contribution in [1.82, 2.24) is 0 Å². The number of rotatable bonds is 1. The summed E-state index contributed by atoms with van der Waals surface area (Å²) in [6, 6.07) is 4.49. The van der Waals surface area contributed by atoms with Gasteiger partial charge in [-0.25, -0.2) is 4.39 Å². The van der Waals surface area contributed by atoms with E-state index >= 15 is 0 Å². The van der Waals surface area contributed by atoms with Crippen LogP contribution in [0.2, 0.25) is 0 Å². The van der Waals surface area contributed by atoms with Crippen molar-refractivity contribution < 1.29 is 18.9 Å². The molecule has 0 aliphatic rings. The topological polar surface area (TPSA) is 53.6 Å². The molecular formula is C8H6BFO3. The molecule has 5 heteroatoms. The summed E-state index contributed by atoms with van der Waals surface area (Å²) in [7, 11) is -1.81. The van der Waals surface area contributed by atoms with E-state index in [-0.39, 0.29) is 11.0 Å². The van der Waals surface area contributed by atoms with Crippen molar-refractivity contribution in [3.63, 3.8) is 0 Å². The van der Waals surface area contributed by atoms with Gasteiger partial charge < -0.3 is 14.5 Å². The molecule has 1 heterocycles. The molecule has 2 aromatic rings. The smallest absolute Gasteiger partial charge is 0.461 e. The molecule has 0 unspecified atom stereocenters. The lowest BCUT2D eigenvalue weighted by Gasteiger charge is -2.00. The Kier molecular flexibility index (Phi) is 1.83. The van der Waals surface area contributed by atoms with Crippen molar-refractivity contribution in [2.24, 2.45) is 0 Å². The second kappa shape index (κ2) is 2.87. The number of halogens is 1. The Morgan fingerprint density at radius 2 is 2.00 bits per heavy atom. The molecule has 0 saturated heterocycles. The van der Waals surface area contributed by atoms with Gasteiger partial charge in [0.2, 0.25) is 0 Å². The molecule has 66 valence electrons. The van der Waals surface area contributed by atoms with E-state index in [1.165, 1.54) is 12.3 Å². The molecule has 0 radical (unpaired) electrons. The Morgan fingerprint density at radius 3 is 2.69 bits per heavy atom. The van der Waals surface area contributed by atoms with E-state index in [4.69, 9.17) is 14.5 Å². The zero-order chi connectivity index (χ0) is 9.42. The fraction of sp³-hybridized carbons (Fsp3) is 0. The number of hydrogen-bond acceptors (Lipinski definition) is 3. The summed E-state index contributed by atoms with van der Waals surface area (Å²) >= 11 is 0. The van der Waals surface area contributed by atoms with Crippen molar-refractivity contribution in [3.8, 4) is 0 Å². The minimum absolute atomic E-state index is 0.0469. The summed E-state index contributed by atoms with van der Waals surface area (Å²) in [6.07, 6.45) is 1.35. The Bertz CT molecular complexity index is 438. The van der Waals surface area contributed by atoms with E-state index in [1.54, 1.807) is 12.1 Å².